The Kier molecular flexibility index (Phi) is 3.85. The number of ether oxygens (including phenoxy) is 1. The summed E-state index contributed by atoms with van der Waals surface area (Å²) in [5, 5.41) is 0. The van der Waals surface area contributed by atoms with Gasteiger partial charge in [0.2, 0.25) is 0 Å². The molecular formula is C20H26F2N2O2. The number of rotatable bonds is 2. The average Bonchev–Trinajstić information content (AvgIpc) is 3.16. The quantitative estimate of drug-likeness (QED) is 0.794. The number of alkyl halides is 2. The maximum absolute atomic E-state index is 15.0. The molecule has 2 atom stereocenters. The predicted octanol–water partition coefficient (Wildman–Crippen LogP) is 4.05. The maximum Gasteiger partial charge on any atom is 0.410 e. The van der Waals surface area contributed by atoms with Crippen molar-refractivity contribution in [2.75, 3.05) is 6.54 Å². The third kappa shape index (κ3) is 2.98. The van der Waals surface area contributed by atoms with Crippen LogP contribution >= 0.6 is 0 Å². The monoisotopic (exact) mass is 364 g/mol. The number of amides is 1. The van der Waals surface area contributed by atoms with E-state index in [0.717, 1.165) is 18.4 Å². The number of halogens is 2. The lowest BCUT2D eigenvalue weighted by molar-refractivity contribution is -0.0595. The van der Waals surface area contributed by atoms with Crippen molar-refractivity contribution >= 4 is 6.09 Å². The van der Waals surface area contributed by atoms with Crippen LogP contribution in [0.4, 0.5) is 13.6 Å². The molecule has 0 aromatic heterocycles. The van der Waals surface area contributed by atoms with E-state index >= 15 is 0 Å². The van der Waals surface area contributed by atoms with E-state index in [1.165, 1.54) is 4.90 Å². The average molecular weight is 364 g/mol. The molecule has 2 aliphatic heterocycles. The Morgan fingerprint density at radius 3 is 2.46 bits per heavy atom. The second-order valence-corrected chi connectivity index (χ2v) is 8.92. The summed E-state index contributed by atoms with van der Waals surface area (Å²) < 4.78 is 35.4. The van der Waals surface area contributed by atoms with E-state index in [9.17, 15) is 13.6 Å². The molecule has 1 saturated carbocycles. The van der Waals surface area contributed by atoms with Gasteiger partial charge in [-0.2, -0.15) is 0 Å². The minimum Gasteiger partial charge on any atom is -0.444 e. The van der Waals surface area contributed by atoms with Crippen LogP contribution in [-0.2, 0) is 11.3 Å². The van der Waals surface area contributed by atoms with Crippen molar-refractivity contribution in [3.63, 3.8) is 0 Å². The van der Waals surface area contributed by atoms with E-state index in [4.69, 9.17) is 4.74 Å². The van der Waals surface area contributed by atoms with Gasteiger partial charge in [0.25, 0.3) is 5.92 Å². The first-order valence-corrected chi connectivity index (χ1v) is 9.30. The fourth-order valence-corrected chi connectivity index (χ4v) is 4.55. The summed E-state index contributed by atoms with van der Waals surface area (Å²) in [6.45, 7) is 5.22. The molecule has 0 N–H and O–H groups in total. The highest BCUT2D eigenvalue weighted by atomic mass is 19.3. The largest absolute Gasteiger partial charge is 0.444 e. The van der Waals surface area contributed by atoms with E-state index in [2.05, 4.69) is 0 Å². The smallest absolute Gasteiger partial charge is 0.410 e. The summed E-state index contributed by atoms with van der Waals surface area (Å²) in [4.78, 5) is 15.8. The Hall–Kier alpha value is -1.69. The third-order valence-electron chi connectivity index (χ3n) is 5.76. The number of hydrogen-bond donors (Lipinski definition) is 0. The van der Waals surface area contributed by atoms with Crippen molar-refractivity contribution in [3.8, 4) is 0 Å². The van der Waals surface area contributed by atoms with Crippen LogP contribution in [0.2, 0.25) is 0 Å². The zero-order chi connectivity index (χ0) is 18.7. The minimum absolute atomic E-state index is 0.185. The highest BCUT2D eigenvalue weighted by molar-refractivity contribution is 5.70. The molecule has 1 aromatic rings. The second kappa shape index (κ2) is 5.65. The van der Waals surface area contributed by atoms with E-state index < -0.39 is 36.2 Å². The highest BCUT2D eigenvalue weighted by Crippen LogP contribution is 2.58. The Labute approximate surface area is 153 Å². The van der Waals surface area contributed by atoms with Gasteiger partial charge in [0.15, 0.2) is 0 Å². The Morgan fingerprint density at radius 1 is 1.23 bits per heavy atom. The van der Waals surface area contributed by atoms with Crippen LogP contribution in [0, 0.1) is 0 Å². The third-order valence-corrected chi connectivity index (χ3v) is 5.76. The van der Waals surface area contributed by atoms with Gasteiger partial charge in [0.1, 0.15) is 5.60 Å². The summed E-state index contributed by atoms with van der Waals surface area (Å²) in [6, 6.07) is 8.33. The number of likely N-dealkylation sites (tertiary alicyclic amines) is 2. The van der Waals surface area contributed by atoms with Gasteiger partial charge in [-0.15, -0.1) is 0 Å². The molecule has 1 aromatic carbocycles. The van der Waals surface area contributed by atoms with Gasteiger partial charge in [-0.1, -0.05) is 30.3 Å². The number of benzene rings is 1. The van der Waals surface area contributed by atoms with E-state index in [1.807, 2.05) is 35.2 Å². The van der Waals surface area contributed by atoms with Gasteiger partial charge < -0.3 is 4.74 Å². The Morgan fingerprint density at radius 2 is 1.88 bits per heavy atom. The summed E-state index contributed by atoms with van der Waals surface area (Å²) in [6.07, 6.45) is 1.83. The van der Waals surface area contributed by atoms with Crippen molar-refractivity contribution in [1.82, 2.24) is 9.80 Å². The van der Waals surface area contributed by atoms with E-state index in [0.29, 0.717) is 13.0 Å². The first kappa shape index (κ1) is 17.7. The van der Waals surface area contributed by atoms with Crippen molar-refractivity contribution in [2.45, 2.75) is 75.7 Å². The van der Waals surface area contributed by atoms with Crippen molar-refractivity contribution < 1.29 is 18.3 Å². The van der Waals surface area contributed by atoms with E-state index in [-0.39, 0.29) is 5.54 Å². The van der Waals surface area contributed by atoms with Crippen LogP contribution in [0.3, 0.4) is 0 Å². The SMILES string of the molecule is CC(C)(C)OC(=O)N1CC(F)(F)[C@H]2[C@@H]1CC1(CC1)N2Cc1ccccc1. The zero-order valence-electron chi connectivity index (χ0n) is 15.5. The first-order valence-electron chi connectivity index (χ1n) is 9.30. The molecule has 2 saturated heterocycles. The van der Waals surface area contributed by atoms with Crippen molar-refractivity contribution in [3.05, 3.63) is 35.9 Å². The Bertz CT molecular complexity index is 698. The molecule has 1 amide bonds. The lowest BCUT2D eigenvalue weighted by Gasteiger charge is -2.32. The highest BCUT2D eigenvalue weighted by Gasteiger charge is 2.70. The van der Waals surface area contributed by atoms with E-state index in [1.54, 1.807) is 20.8 Å². The van der Waals surface area contributed by atoms with Gasteiger partial charge in [-0.3, -0.25) is 9.80 Å². The second-order valence-electron chi connectivity index (χ2n) is 8.92. The van der Waals surface area contributed by atoms with Crippen LogP contribution in [0.5, 0.6) is 0 Å². The number of nitrogens with zero attached hydrogens (tertiary/aromatic N) is 2. The van der Waals surface area contributed by atoms with Gasteiger partial charge in [-0.05, 0) is 45.6 Å². The fourth-order valence-electron chi connectivity index (χ4n) is 4.55. The van der Waals surface area contributed by atoms with Crippen LogP contribution in [0.25, 0.3) is 0 Å². The normalized spacial score (nSPS) is 29.0. The molecule has 4 rings (SSSR count). The molecule has 3 fully saturated rings. The molecule has 1 spiro atoms. The lowest BCUT2D eigenvalue weighted by Crippen LogP contribution is -2.48. The Balaban J connectivity index is 1.61. The molecule has 0 unspecified atom stereocenters. The predicted molar refractivity (Wildman–Crippen MR) is 94.0 cm³/mol. The molecule has 6 heteroatoms. The molecule has 0 bridgehead atoms. The number of hydrogen-bond acceptors (Lipinski definition) is 3. The summed E-state index contributed by atoms with van der Waals surface area (Å²) in [7, 11) is 0. The number of carbonyl (C=O) groups is 1. The summed E-state index contributed by atoms with van der Waals surface area (Å²) in [5.41, 5.74) is 0.158. The standard InChI is InChI=1S/C20H26F2N2O2/c1-18(2,3)26-17(25)23-13-20(21,22)16-15(23)11-19(9-10-19)24(16)12-14-7-5-4-6-8-14/h4-8,15-16H,9-13H2,1-3H3/t15-,16+/m0/s1. The molecule has 4 nitrogen and oxygen atoms in total. The molecule has 3 aliphatic rings. The van der Waals surface area contributed by atoms with Gasteiger partial charge in [-0.25, -0.2) is 13.6 Å². The van der Waals surface area contributed by atoms with Crippen LogP contribution in [-0.4, -0.2) is 51.6 Å². The molecule has 26 heavy (non-hydrogen) atoms. The van der Waals surface area contributed by atoms with Crippen LogP contribution in [0.1, 0.15) is 45.6 Å². The molecular weight excluding hydrogens is 338 g/mol. The summed E-state index contributed by atoms with van der Waals surface area (Å²) in [5.74, 6) is -2.93. The van der Waals surface area contributed by atoms with Gasteiger partial charge >= 0.3 is 6.09 Å². The van der Waals surface area contributed by atoms with Crippen molar-refractivity contribution in [2.24, 2.45) is 0 Å². The van der Waals surface area contributed by atoms with Crippen molar-refractivity contribution in [1.29, 1.82) is 0 Å². The first-order chi connectivity index (χ1) is 12.1. The number of carbonyl (C=O) groups excluding carboxylic acids is 1. The van der Waals surface area contributed by atoms with Crippen LogP contribution in [0.15, 0.2) is 30.3 Å². The number of fused-ring (bicyclic) bond motifs is 1. The molecule has 2 heterocycles. The maximum atomic E-state index is 15.0. The minimum atomic E-state index is -2.93. The van der Waals surface area contributed by atoms with Crippen LogP contribution < -0.4 is 0 Å². The molecule has 0 radical (unpaired) electrons. The van der Waals surface area contributed by atoms with Gasteiger partial charge in [0, 0.05) is 12.1 Å². The fraction of sp³-hybridized carbons (Fsp3) is 0.650. The molecule has 1 aliphatic carbocycles. The molecule has 142 valence electrons. The summed E-state index contributed by atoms with van der Waals surface area (Å²) >= 11 is 0. The van der Waals surface area contributed by atoms with Gasteiger partial charge in [0.05, 0.1) is 18.6 Å². The zero-order valence-corrected chi connectivity index (χ0v) is 15.5. The topological polar surface area (TPSA) is 32.8 Å². The lowest BCUT2D eigenvalue weighted by atomic mass is 10.1.